The zero-order valence-corrected chi connectivity index (χ0v) is 10.5. The van der Waals surface area contributed by atoms with Crippen LogP contribution in [-0.2, 0) is 6.54 Å². The number of aliphatic imine (C=N–C) groups is 1. The van der Waals surface area contributed by atoms with Crippen molar-refractivity contribution in [1.82, 2.24) is 9.55 Å². The van der Waals surface area contributed by atoms with Gasteiger partial charge in [0.1, 0.15) is 0 Å². The zero-order valence-electron chi connectivity index (χ0n) is 10.5. The summed E-state index contributed by atoms with van der Waals surface area (Å²) in [5.41, 5.74) is 5.85. The number of unbranched alkanes of at least 4 members (excludes halogenated alkanes) is 1. The van der Waals surface area contributed by atoms with E-state index in [-0.39, 0.29) is 5.41 Å². The van der Waals surface area contributed by atoms with Crippen LogP contribution in [0.5, 0.6) is 0 Å². The van der Waals surface area contributed by atoms with Gasteiger partial charge < -0.3 is 10.3 Å². The van der Waals surface area contributed by atoms with Gasteiger partial charge in [0.2, 0.25) is 0 Å². The first kappa shape index (κ1) is 12.7. The largest absolute Gasteiger partial charge is 0.387 e. The summed E-state index contributed by atoms with van der Waals surface area (Å²) in [5, 5.41) is 0. The van der Waals surface area contributed by atoms with E-state index in [0.29, 0.717) is 0 Å². The van der Waals surface area contributed by atoms with E-state index in [9.17, 15) is 0 Å². The highest BCUT2D eigenvalue weighted by molar-refractivity contribution is 5.85. The molecule has 0 aromatic carbocycles. The first-order valence-corrected chi connectivity index (χ1v) is 5.76. The molecule has 16 heavy (non-hydrogen) atoms. The van der Waals surface area contributed by atoms with E-state index < -0.39 is 0 Å². The fourth-order valence-electron chi connectivity index (χ4n) is 1.26. The molecular formula is C12H22N4. The van der Waals surface area contributed by atoms with Gasteiger partial charge in [-0.05, 0) is 12.8 Å². The topological polar surface area (TPSA) is 56.2 Å². The van der Waals surface area contributed by atoms with Gasteiger partial charge in [-0.3, -0.25) is 4.99 Å². The Hall–Kier alpha value is -1.32. The van der Waals surface area contributed by atoms with Crippen molar-refractivity contribution in [3.8, 4) is 0 Å². The fraction of sp³-hybridized carbons (Fsp3) is 0.667. The van der Waals surface area contributed by atoms with Crippen molar-refractivity contribution in [2.45, 2.75) is 40.2 Å². The Labute approximate surface area is 97.6 Å². The highest BCUT2D eigenvalue weighted by atomic mass is 15.0. The van der Waals surface area contributed by atoms with Crippen LogP contribution >= 0.6 is 0 Å². The van der Waals surface area contributed by atoms with Gasteiger partial charge in [0.25, 0.3) is 0 Å². The van der Waals surface area contributed by atoms with E-state index in [1.807, 2.05) is 12.5 Å². The first-order valence-electron chi connectivity index (χ1n) is 5.76. The third kappa shape index (κ3) is 4.47. The average Bonchev–Trinajstić information content (AvgIpc) is 2.68. The number of amidine groups is 1. The minimum absolute atomic E-state index is 0.00958. The smallest absolute Gasteiger partial charge is 0.0991 e. The van der Waals surface area contributed by atoms with Crippen LogP contribution in [0.2, 0.25) is 0 Å². The van der Waals surface area contributed by atoms with Gasteiger partial charge in [-0.25, -0.2) is 4.98 Å². The Morgan fingerprint density at radius 2 is 2.12 bits per heavy atom. The number of aryl methyl sites for hydroxylation is 1. The molecule has 0 atom stereocenters. The third-order valence-corrected chi connectivity index (χ3v) is 2.43. The van der Waals surface area contributed by atoms with Crippen molar-refractivity contribution in [2.24, 2.45) is 16.1 Å². The second-order valence-electron chi connectivity index (χ2n) is 5.02. The predicted molar refractivity (Wildman–Crippen MR) is 67.4 cm³/mol. The van der Waals surface area contributed by atoms with Crippen LogP contribution in [0.4, 0.5) is 0 Å². The van der Waals surface area contributed by atoms with Crippen LogP contribution in [0, 0.1) is 5.41 Å². The second-order valence-corrected chi connectivity index (χ2v) is 5.02. The molecule has 0 unspecified atom stereocenters. The van der Waals surface area contributed by atoms with Gasteiger partial charge in [-0.2, -0.15) is 0 Å². The van der Waals surface area contributed by atoms with E-state index in [1.165, 1.54) is 0 Å². The van der Waals surface area contributed by atoms with Gasteiger partial charge in [0.15, 0.2) is 0 Å². The monoisotopic (exact) mass is 222 g/mol. The van der Waals surface area contributed by atoms with Crippen LogP contribution in [0.1, 0.15) is 33.6 Å². The quantitative estimate of drug-likeness (QED) is 0.471. The van der Waals surface area contributed by atoms with Crippen LogP contribution < -0.4 is 5.73 Å². The molecule has 2 N–H and O–H groups in total. The molecule has 0 amide bonds. The Balaban J connectivity index is 2.17. The summed E-state index contributed by atoms with van der Waals surface area (Å²) < 4.78 is 2.08. The van der Waals surface area contributed by atoms with E-state index in [4.69, 9.17) is 5.73 Å². The summed E-state index contributed by atoms with van der Waals surface area (Å²) in [6.45, 7) is 8.06. The lowest BCUT2D eigenvalue weighted by atomic mass is 9.95. The maximum atomic E-state index is 5.86. The molecule has 90 valence electrons. The normalized spacial score (nSPS) is 13.1. The molecule has 0 aliphatic heterocycles. The summed E-state index contributed by atoms with van der Waals surface area (Å²) in [7, 11) is 0. The summed E-state index contributed by atoms with van der Waals surface area (Å²) in [4.78, 5) is 8.38. The van der Waals surface area contributed by atoms with Crippen LogP contribution in [0.25, 0.3) is 0 Å². The van der Waals surface area contributed by atoms with E-state index in [1.54, 1.807) is 6.20 Å². The number of nitrogens with zero attached hydrogens (tertiary/aromatic N) is 3. The molecule has 1 aromatic rings. The molecule has 0 radical (unpaired) electrons. The summed E-state index contributed by atoms with van der Waals surface area (Å²) in [6.07, 6.45) is 7.79. The molecule has 0 fully saturated rings. The van der Waals surface area contributed by atoms with E-state index in [0.717, 1.165) is 31.8 Å². The van der Waals surface area contributed by atoms with Crippen molar-refractivity contribution in [2.75, 3.05) is 6.54 Å². The van der Waals surface area contributed by atoms with Crippen molar-refractivity contribution in [3.63, 3.8) is 0 Å². The first-order chi connectivity index (χ1) is 7.50. The molecule has 0 aliphatic carbocycles. The summed E-state index contributed by atoms with van der Waals surface area (Å²) in [5.74, 6) is 0.745. The average molecular weight is 222 g/mol. The summed E-state index contributed by atoms with van der Waals surface area (Å²) >= 11 is 0. The van der Waals surface area contributed by atoms with Gasteiger partial charge in [0, 0.05) is 30.9 Å². The molecule has 0 bridgehead atoms. The number of nitrogens with two attached hydrogens (primary N) is 1. The van der Waals surface area contributed by atoms with Crippen LogP contribution in [0.15, 0.2) is 23.7 Å². The number of aromatic nitrogens is 2. The number of hydrogen-bond acceptors (Lipinski definition) is 2. The fourth-order valence-corrected chi connectivity index (χ4v) is 1.26. The van der Waals surface area contributed by atoms with Gasteiger partial charge in [-0.1, -0.05) is 20.8 Å². The number of rotatable bonds is 5. The molecule has 0 aliphatic rings. The maximum Gasteiger partial charge on any atom is 0.0991 e. The minimum Gasteiger partial charge on any atom is -0.387 e. The zero-order chi connectivity index (χ0) is 12.0. The standard InChI is InChI=1S/C12H22N4/c1-12(2,3)11(13)15-6-4-5-8-16-9-7-14-10-16/h7,9-10H,4-6,8H2,1-3H3,(H2,13,15). The maximum absolute atomic E-state index is 5.86. The van der Waals surface area contributed by atoms with Crippen molar-refractivity contribution < 1.29 is 0 Å². The molecule has 1 aromatic heterocycles. The predicted octanol–water partition coefficient (Wildman–Crippen LogP) is 2.07. The Morgan fingerprint density at radius 3 is 2.69 bits per heavy atom. The Bertz CT molecular complexity index is 319. The van der Waals surface area contributed by atoms with Crippen molar-refractivity contribution in [1.29, 1.82) is 0 Å². The van der Waals surface area contributed by atoms with Gasteiger partial charge >= 0.3 is 0 Å². The highest BCUT2D eigenvalue weighted by Crippen LogP contribution is 2.12. The molecule has 0 spiro atoms. The SMILES string of the molecule is CC(C)(C)C(N)=NCCCCn1ccnc1. The Kier molecular flexibility index (Phi) is 4.52. The molecular weight excluding hydrogens is 200 g/mol. The van der Waals surface area contributed by atoms with Crippen molar-refractivity contribution >= 4 is 5.84 Å². The third-order valence-electron chi connectivity index (χ3n) is 2.43. The molecule has 1 rings (SSSR count). The highest BCUT2D eigenvalue weighted by Gasteiger charge is 2.14. The molecule has 4 nitrogen and oxygen atoms in total. The van der Waals surface area contributed by atoms with Crippen LogP contribution in [0.3, 0.4) is 0 Å². The van der Waals surface area contributed by atoms with E-state index >= 15 is 0 Å². The molecule has 0 saturated heterocycles. The second kappa shape index (κ2) is 5.68. The lowest BCUT2D eigenvalue weighted by molar-refractivity contribution is 0.574. The van der Waals surface area contributed by atoms with Gasteiger partial charge in [0.05, 0.1) is 12.2 Å². The number of imidazole rings is 1. The van der Waals surface area contributed by atoms with Gasteiger partial charge in [-0.15, -0.1) is 0 Å². The van der Waals surface area contributed by atoms with Crippen molar-refractivity contribution in [3.05, 3.63) is 18.7 Å². The minimum atomic E-state index is -0.00958. The number of hydrogen-bond donors (Lipinski definition) is 1. The lowest BCUT2D eigenvalue weighted by Gasteiger charge is -2.17. The summed E-state index contributed by atoms with van der Waals surface area (Å²) in [6, 6.07) is 0. The van der Waals surface area contributed by atoms with E-state index in [2.05, 4.69) is 35.3 Å². The van der Waals surface area contributed by atoms with Crippen LogP contribution in [-0.4, -0.2) is 21.9 Å². The Morgan fingerprint density at radius 1 is 1.38 bits per heavy atom. The molecule has 1 heterocycles. The molecule has 0 saturated carbocycles. The molecule has 4 heteroatoms. The lowest BCUT2D eigenvalue weighted by Crippen LogP contribution is -2.29.